The maximum atomic E-state index is 12.2. The molecule has 1 unspecified atom stereocenters. The molecule has 2 amide bonds. The smallest absolute Gasteiger partial charge is 0.251 e. The Hall–Kier alpha value is -2.58. The van der Waals surface area contributed by atoms with Crippen LogP contribution in [0.3, 0.4) is 0 Å². The van der Waals surface area contributed by atoms with Crippen molar-refractivity contribution < 1.29 is 14.3 Å². The van der Waals surface area contributed by atoms with Gasteiger partial charge in [-0.05, 0) is 36.8 Å². The third-order valence-corrected chi connectivity index (χ3v) is 3.39. The number of hydrogen-bond donors (Lipinski definition) is 1. The maximum Gasteiger partial charge on any atom is 0.251 e. The predicted molar refractivity (Wildman–Crippen MR) is 91.2 cm³/mol. The van der Waals surface area contributed by atoms with Crippen molar-refractivity contribution in [2.24, 2.45) is 0 Å². The Bertz CT molecular complexity index is 587. The molecule has 1 aromatic rings. The van der Waals surface area contributed by atoms with Gasteiger partial charge in [0.05, 0.1) is 0 Å². The lowest BCUT2D eigenvalue weighted by atomic mass is 10.1. The van der Waals surface area contributed by atoms with Gasteiger partial charge in [-0.15, -0.1) is 12.3 Å². The molecule has 0 radical (unpaired) electrons. The molecule has 23 heavy (non-hydrogen) atoms. The minimum atomic E-state index is -0.212. The third kappa shape index (κ3) is 5.61. The first kappa shape index (κ1) is 18.5. The fraction of sp³-hybridized carbons (Fsp3) is 0.333. The van der Waals surface area contributed by atoms with Gasteiger partial charge in [-0.1, -0.05) is 6.58 Å². The number of amides is 2. The number of nitrogens with zero attached hydrogens (tertiary/aromatic N) is 1. The number of terminal acetylenes is 1. The van der Waals surface area contributed by atoms with Crippen molar-refractivity contribution in [3.8, 4) is 12.3 Å². The summed E-state index contributed by atoms with van der Waals surface area (Å²) in [6, 6.07) is 6.63. The fourth-order valence-electron chi connectivity index (χ4n) is 2.00. The summed E-state index contributed by atoms with van der Waals surface area (Å²) in [6.07, 6.45) is 7.66. The van der Waals surface area contributed by atoms with E-state index in [1.807, 2.05) is 0 Å². The molecule has 0 aliphatic heterocycles. The largest absolute Gasteiger partial charge is 0.385 e. The molecule has 1 atom stereocenters. The molecule has 0 aromatic heterocycles. The summed E-state index contributed by atoms with van der Waals surface area (Å²) in [5.74, 6) is 2.14. The Morgan fingerprint density at radius 1 is 1.43 bits per heavy atom. The second kappa shape index (κ2) is 9.44. The highest BCUT2D eigenvalue weighted by atomic mass is 16.5. The van der Waals surface area contributed by atoms with Crippen LogP contribution in [0.2, 0.25) is 0 Å². The van der Waals surface area contributed by atoms with E-state index in [-0.39, 0.29) is 17.9 Å². The molecule has 1 rings (SSSR count). The topological polar surface area (TPSA) is 58.6 Å². The number of carbonyl (C=O) groups is 2. The summed E-state index contributed by atoms with van der Waals surface area (Å²) in [7, 11) is 3.25. The van der Waals surface area contributed by atoms with Gasteiger partial charge in [0.2, 0.25) is 5.91 Å². The average molecular weight is 314 g/mol. The minimum Gasteiger partial charge on any atom is -0.385 e. The summed E-state index contributed by atoms with van der Waals surface area (Å²) < 4.78 is 5.02. The van der Waals surface area contributed by atoms with E-state index in [0.29, 0.717) is 30.7 Å². The molecule has 0 fully saturated rings. The van der Waals surface area contributed by atoms with Gasteiger partial charge < -0.3 is 15.0 Å². The van der Waals surface area contributed by atoms with Gasteiger partial charge in [0, 0.05) is 44.5 Å². The maximum absolute atomic E-state index is 12.2. The van der Waals surface area contributed by atoms with E-state index in [1.165, 1.54) is 11.0 Å². The van der Waals surface area contributed by atoms with Crippen LogP contribution in [-0.4, -0.2) is 38.6 Å². The van der Waals surface area contributed by atoms with Crippen LogP contribution < -0.4 is 10.2 Å². The molecule has 5 heteroatoms. The van der Waals surface area contributed by atoms with E-state index in [4.69, 9.17) is 11.2 Å². The molecule has 1 N–H and O–H groups in total. The van der Waals surface area contributed by atoms with Gasteiger partial charge in [0.25, 0.3) is 5.91 Å². The molecule has 0 heterocycles. The van der Waals surface area contributed by atoms with Crippen LogP contribution >= 0.6 is 0 Å². The van der Waals surface area contributed by atoms with Crippen LogP contribution in [0.5, 0.6) is 0 Å². The Morgan fingerprint density at radius 2 is 2.09 bits per heavy atom. The Labute approximate surface area is 137 Å². The van der Waals surface area contributed by atoms with Crippen molar-refractivity contribution in [2.75, 3.05) is 25.7 Å². The highest BCUT2D eigenvalue weighted by Crippen LogP contribution is 2.14. The van der Waals surface area contributed by atoms with Crippen molar-refractivity contribution in [1.82, 2.24) is 5.32 Å². The quantitative estimate of drug-likeness (QED) is 0.590. The van der Waals surface area contributed by atoms with E-state index in [0.717, 1.165) is 0 Å². The average Bonchev–Trinajstić information content (AvgIpc) is 2.58. The number of ether oxygens (including phenoxy) is 1. The van der Waals surface area contributed by atoms with Crippen LogP contribution in [0.4, 0.5) is 5.69 Å². The zero-order valence-electron chi connectivity index (χ0n) is 13.5. The van der Waals surface area contributed by atoms with Gasteiger partial charge >= 0.3 is 0 Å². The van der Waals surface area contributed by atoms with Gasteiger partial charge in [0.1, 0.15) is 0 Å². The van der Waals surface area contributed by atoms with E-state index in [9.17, 15) is 9.59 Å². The molecule has 122 valence electrons. The lowest BCUT2D eigenvalue weighted by Crippen LogP contribution is -2.35. The second-order valence-electron chi connectivity index (χ2n) is 5.01. The third-order valence-electron chi connectivity index (χ3n) is 3.39. The van der Waals surface area contributed by atoms with Crippen LogP contribution in [0.1, 0.15) is 23.2 Å². The Morgan fingerprint density at radius 3 is 2.61 bits per heavy atom. The number of nitrogens with one attached hydrogen (secondary N) is 1. The van der Waals surface area contributed by atoms with Crippen molar-refractivity contribution in [2.45, 2.75) is 18.9 Å². The van der Waals surface area contributed by atoms with Crippen LogP contribution in [-0.2, 0) is 9.53 Å². The van der Waals surface area contributed by atoms with E-state index in [2.05, 4.69) is 17.8 Å². The molecule has 1 aromatic carbocycles. The first-order valence-electron chi connectivity index (χ1n) is 7.27. The number of hydrogen-bond acceptors (Lipinski definition) is 3. The lowest BCUT2D eigenvalue weighted by molar-refractivity contribution is -0.113. The molecule has 0 saturated carbocycles. The predicted octanol–water partition coefficient (Wildman–Crippen LogP) is 1.99. The second-order valence-corrected chi connectivity index (χ2v) is 5.01. The SMILES string of the molecule is C#CCC(CCOC)NC(=O)c1ccc(N(C)C(=O)C=C)cc1. The molecule has 0 aliphatic carbocycles. The number of carbonyl (C=O) groups excluding carboxylic acids is 2. The van der Waals surface area contributed by atoms with Gasteiger partial charge in [0.15, 0.2) is 0 Å². The summed E-state index contributed by atoms with van der Waals surface area (Å²) in [4.78, 5) is 25.2. The molecular formula is C18H22N2O3. The standard InChI is InChI=1S/C18H22N2O3/c1-5-7-15(12-13-23-4)19-18(22)14-8-10-16(11-9-14)20(3)17(21)6-2/h1,6,8-11,15H,2,7,12-13H2,3-4H3,(H,19,22). The van der Waals surface area contributed by atoms with Crippen molar-refractivity contribution in [3.63, 3.8) is 0 Å². The molecule has 0 bridgehead atoms. The highest BCUT2D eigenvalue weighted by Gasteiger charge is 2.14. The van der Waals surface area contributed by atoms with Crippen molar-refractivity contribution >= 4 is 17.5 Å². The number of likely N-dealkylation sites (N-methyl/N-ethyl adjacent to an activating group) is 1. The van der Waals surface area contributed by atoms with Crippen molar-refractivity contribution in [1.29, 1.82) is 0 Å². The summed E-state index contributed by atoms with van der Waals surface area (Å²) >= 11 is 0. The number of rotatable bonds is 8. The first-order chi connectivity index (χ1) is 11.0. The Kier molecular flexibility index (Phi) is 7.58. The normalized spacial score (nSPS) is 11.2. The first-order valence-corrected chi connectivity index (χ1v) is 7.27. The highest BCUT2D eigenvalue weighted by molar-refractivity contribution is 6.01. The molecule has 0 saturated heterocycles. The lowest BCUT2D eigenvalue weighted by Gasteiger charge is -2.17. The number of anilines is 1. The van der Waals surface area contributed by atoms with Gasteiger partial charge in [-0.2, -0.15) is 0 Å². The van der Waals surface area contributed by atoms with Crippen molar-refractivity contribution in [3.05, 3.63) is 42.5 Å². The molecule has 0 spiro atoms. The fourth-order valence-corrected chi connectivity index (χ4v) is 2.00. The summed E-state index contributed by atoms with van der Waals surface area (Å²) in [5.41, 5.74) is 1.19. The van der Waals surface area contributed by atoms with Crippen LogP contribution in [0.25, 0.3) is 0 Å². The zero-order valence-corrected chi connectivity index (χ0v) is 13.5. The van der Waals surface area contributed by atoms with Gasteiger partial charge in [-0.25, -0.2) is 0 Å². The summed E-state index contributed by atoms with van der Waals surface area (Å²) in [6.45, 7) is 3.97. The summed E-state index contributed by atoms with van der Waals surface area (Å²) in [5, 5.41) is 2.89. The molecule has 5 nitrogen and oxygen atoms in total. The van der Waals surface area contributed by atoms with E-state index >= 15 is 0 Å². The molecular weight excluding hydrogens is 292 g/mol. The Balaban J connectivity index is 2.74. The van der Waals surface area contributed by atoms with E-state index in [1.54, 1.807) is 38.4 Å². The minimum absolute atomic E-state index is 0.128. The zero-order chi connectivity index (χ0) is 17.2. The van der Waals surface area contributed by atoms with Crippen LogP contribution in [0, 0.1) is 12.3 Å². The number of methoxy groups -OCH3 is 1. The molecule has 0 aliphatic rings. The number of benzene rings is 1. The van der Waals surface area contributed by atoms with Crippen LogP contribution in [0.15, 0.2) is 36.9 Å². The van der Waals surface area contributed by atoms with Gasteiger partial charge in [-0.3, -0.25) is 9.59 Å². The van der Waals surface area contributed by atoms with E-state index < -0.39 is 0 Å². The monoisotopic (exact) mass is 314 g/mol.